The summed E-state index contributed by atoms with van der Waals surface area (Å²) in [5, 5.41) is 27.3. The maximum absolute atomic E-state index is 12.6. The molecule has 14 nitrogen and oxygen atoms in total. The fraction of sp³-hybridized carbons (Fsp3) is 0.222. The van der Waals surface area contributed by atoms with Crippen LogP contribution in [0.4, 0.5) is 5.69 Å². The van der Waals surface area contributed by atoms with Gasteiger partial charge in [0.15, 0.2) is 17.3 Å². The minimum atomic E-state index is -0.483. The van der Waals surface area contributed by atoms with Crippen molar-refractivity contribution in [2.24, 2.45) is 5.10 Å². The summed E-state index contributed by atoms with van der Waals surface area (Å²) in [5.41, 5.74) is 6.07. The van der Waals surface area contributed by atoms with Crippen LogP contribution in [-0.4, -0.2) is 69.6 Å². The molecular formula is C27H24N8O6. The Balaban J connectivity index is 1.23. The number of nitro groups is 1. The van der Waals surface area contributed by atoms with Crippen LogP contribution in [0.3, 0.4) is 0 Å². The van der Waals surface area contributed by atoms with Crippen molar-refractivity contribution >= 4 is 17.8 Å². The summed E-state index contributed by atoms with van der Waals surface area (Å²) in [6.07, 6.45) is 2.20. The predicted molar refractivity (Wildman–Crippen MR) is 145 cm³/mol. The number of rotatable bonds is 7. The third kappa shape index (κ3) is 4.80. The molecule has 0 saturated carbocycles. The lowest BCUT2D eigenvalue weighted by Crippen LogP contribution is -2.35. The molecule has 2 aliphatic heterocycles. The molecule has 2 aliphatic rings. The lowest BCUT2D eigenvalue weighted by Gasteiger charge is -2.34. The van der Waals surface area contributed by atoms with Gasteiger partial charge in [-0.2, -0.15) is 9.78 Å². The van der Waals surface area contributed by atoms with Crippen molar-refractivity contribution in [2.45, 2.75) is 12.5 Å². The average Bonchev–Trinajstić information content (AvgIpc) is 3.66. The number of nitrogens with zero attached hydrogens (tertiary/aromatic N) is 7. The quantitative estimate of drug-likeness (QED) is 0.204. The minimum absolute atomic E-state index is 0.0254. The van der Waals surface area contributed by atoms with Crippen molar-refractivity contribution in [1.29, 1.82) is 0 Å². The third-order valence-corrected chi connectivity index (χ3v) is 6.99. The van der Waals surface area contributed by atoms with Crippen LogP contribution in [0.15, 0.2) is 59.7 Å². The van der Waals surface area contributed by atoms with Gasteiger partial charge in [0.25, 0.3) is 11.6 Å². The highest BCUT2D eigenvalue weighted by molar-refractivity contribution is 5.95. The Morgan fingerprint density at radius 1 is 1.20 bits per heavy atom. The summed E-state index contributed by atoms with van der Waals surface area (Å²) >= 11 is 0. The van der Waals surface area contributed by atoms with E-state index in [1.807, 2.05) is 13.1 Å². The second kappa shape index (κ2) is 10.7. The van der Waals surface area contributed by atoms with E-state index in [1.165, 1.54) is 30.5 Å². The Hall–Kier alpha value is -5.37. The first-order valence-corrected chi connectivity index (χ1v) is 12.6. The molecule has 6 rings (SSSR count). The minimum Gasteiger partial charge on any atom is -0.492 e. The molecule has 4 aromatic rings. The molecule has 3 aromatic carbocycles. The van der Waals surface area contributed by atoms with E-state index >= 15 is 0 Å². The van der Waals surface area contributed by atoms with Crippen LogP contribution >= 0.6 is 0 Å². The number of methoxy groups -OCH3 is 1. The molecule has 0 radical (unpaired) electrons. The zero-order valence-corrected chi connectivity index (χ0v) is 22.1. The van der Waals surface area contributed by atoms with Gasteiger partial charge in [-0.15, -0.1) is 5.10 Å². The van der Waals surface area contributed by atoms with E-state index in [9.17, 15) is 14.9 Å². The summed E-state index contributed by atoms with van der Waals surface area (Å²) < 4.78 is 18.8. The van der Waals surface area contributed by atoms with E-state index in [-0.39, 0.29) is 18.5 Å². The van der Waals surface area contributed by atoms with Crippen LogP contribution < -0.4 is 19.6 Å². The highest BCUT2D eigenvalue weighted by atomic mass is 16.7. The highest BCUT2D eigenvalue weighted by Crippen LogP contribution is 2.50. The number of tetrazole rings is 1. The number of non-ortho nitro benzene ring substituents is 1. The van der Waals surface area contributed by atoms with Crippen LogP contribution in [-0.2, 0) is 6.42 Å². The number of benzene rings is 3. The molecule has 1 N–H and O–H groups in total. The Morgan fingerprint density at radius 3 is 2.71 bits per heavy atom. The Bertz CT molecular complexity index is 1650. The maximum atomic E-state index is 12.6. The molecule has 1 aromatic heterocycles. The molecule has 0 aliphatic carbocycles. The van der Waals surface area contributed by atoms with Gasteiger partial charge in [-0.25, -0.2) is 5.43 Å². The van der Waals surface area contributed by atoms with E-state index in [4.69, 9.17) is 14.2 Å². The van der Waals surface area contributed by atoms with Crippen molar-refractivity contribution in [3.8, 4) is 22.9 Å². The monoisotopic (exact) mass is 556 g/mol. The van der Waals surface area contributed by atoms with Crippen molar-refractivity contribution in [1.82, 2.24) is 30.5 Å². The van der Waals surface area contributed by atoms with Crippen molar-refractivity contribution < 1.29 is 23.9 Å². The molecule has 1 unspecified atom stereocenters. The maximum Gasteiger partial charge on any atom is 0.271 e. The standard InChI is InChI=1S/C27H24N8O6/c1-33-12-11-18-13-21-24(41-15-40-21)25(39-2)22(18)23(33)26-29-31-32-34(26)19-9-5-17(6-10-19)27(36)30-28-14-16-3-7-20(8-4-16)35(37)38/h3-10,13-14,23H,11-12,15H2,1-2H3,(H,30,36)/b28-14+. The number of nitro benzene ring substituents is 1. The van der Waals surface area contributed by atoms with Gasteiger partial charge in [-0.1, -0.05) is 0 Å². The second-order valence-corrected chi connectivity index (χ2v) is 9.39. The number of carbonyl (C=O) groups excluding carboxylic acids is 1. The number of nitrogens with one attached hydrogen (secondary N) is 1. The smallest absolute Gasteiger partial charge is 0.271 e. The summed E-state index contributed by atoms with van der Waals surface area (Å²) in [6, 6.07) is 14.3. The Morgan fingerprint density at radius 2 is 1.98 bits per heavy atom. The molecule has 0 saturated heterocycles. The Labute approximate surface area is 233 Å². The predicted octanol–water partition coefficient (Wildman–Crippen LogP) is 2.65. The summed E-state index contributed by atoms with van der Waals surface area (Å²) in [5.74, 6) is 1.98. The first-order chi connectivity index (χ1) is 19.9. The summed E-state index contributed by atoms with van der Waals surface area (Å²) in [6.45, 7) is 0.905. The number of likely N-dealkylation sites (N-methyl/N-ethyl adjacent to an activating group) is 1. The largest absolute Gasteiger partial charge is 0.492 e. The lowest BCUT2D eigenvalue weighted by atomic mass is 9.90. The van der Waals surface area contributed by atoms with E-state index < -0.39 is 10.8 Å². The SMILES string of the molecule is COc1c2c(cc3c1C(c1nnnn1-c1ccc(C(=O)N/N=C/c4ccc([N+](=O)[O-])cc4)cc1)N(C)CC3)OCO2. The Kier molecular flexibility index (Phi) is 6.73. The van der Waals surface area contributed by atoms with Crippen LogP contribution in [0.1, 0.15) is 38.9 Å². The van der Waals surface area contributed by atoms with Crippen LogP contribution in [0, 0.1) is 10.1 Å². The van der Waals surface area contributed by atoms with Gasteiger partial charge in [-0.3, -0.25) is 19.8 Å². The van der Waals surface area contributed by atoms with Crippen LogP contribution in [0.5, 0.6) is 17.2 Å². The van der Waals surface area contributed by atoms with Gasteiger partial charge in [0.1, 0.15) is 6.04 Å². The van der Waals surface area contributed by atoms with Gasteiger partial charge in [0.05, 0.1) is 23.9 Å². The van der Waals surface area contributed by atoms with Gasteiger partial charge in [-0.05, 0) is 77.5 Å². The molecule has 208 valence electrons. The molecule has 14 heteroatoms. The third-order valence-electron chi connectivity index (χ3n) is 6.99. The number of hydrogen-bond acceptors (Lipinski definition) is 11. The molecule has 41 heavy (non-hydrogen) atoms. The van der Waals surface area contributed by atoms with E-state index in [0.29, 0.717) is 39.9 Å². The second-order valence-electron chi connectivity index (χ2n) is 9.39. The number of hydrazone groups is 1. The van der Waals surface area contributed by atoms with E-state index in [1.54, 1.807) is 36.1 Å². The number of amides is 1. The van der Waals surface area contributed by atoms with Crippen molar-refractivity contribution in [2.75, 3.05) is 27.5 Å². The fourth-order valence-electron chi connectivity index (χ4n) is 4.97. The molecular weight excluding hydrogens is 532 g/mol. The van der Waals surface area contributed by atoms with Gasteiger partial charge < -0.3 is 14.2 Å². The molecule has 0 spiro atoms. The van der Waals surface area contributed by atoms with Crippen LogP contribution in [0.25, 0.3) is 5.69 Å². The summed E-state index contributed by atoms with van der Waals surface area (Å²) in [7, 11) is 3.60. The molecule has 1 amide bonds. The normalized spacial score (nSPS) is 16.0. The first kappa shape index (κ1) is 25.9. The summed E-state index contributed by atoms with van der Waals surface area (Å²) in [4.78, 5) is 25.1. The van der Waals surface area contributed by atoms with Crippen LogP contribution in [0.2, 0.25) is 0 Å². The molecule has 3 heterocycles. The fourth-order valence-corrected chi connectivity index (χ4v) is 4.97. The van der Waals surface area contributed by atoms with E-state index in [2.05, 4.69) is 31.0 Å². The number of ether oxygens (including phenoxy) is 3. The highest BCUT2D eigenvalue weighted by Gasteiger charge is 2.37. The zero-order chi connectivity index (χ0) is 28.5. The van der Waals surface area contributed by atoms with Gasteiger partial charge in [0.2, 0.25) is 12.5 Å². The zero-order valence-electron chi connectivity index (χ0n) is 22.1. The topological polar surface area (TPSA) is 159 Å². The lowest BCUT2D eigenvalue weighted by molar-refractivity contribution is -0.384. The molecule has 0 bridgehead atoms. The number of aromatic nitrogens is 4. The van der Waals surface area contributed by atoms with E-state index in [0.717, 1.165) is 24.1 Å². The average molecular weight is 557 g/mol. The molecule has 0 fully saturated rings. The molecule has 1 atom stereocenters. The van der Waals surface area contributed by atoms with Gasteiger partial charge >= 0.3 is 0 Å². The van der Waals surface area contributed by atoms with Crippen molar-refractivity contribution in [3.05, 3.63) is 92.8 Å². The first-order valence-electron chi connectivity index (χ1n) is 12.6. The van der Waals surface area contributed by atoms with Gasteiger partial charge in [0, 0.05) is 29.8 Å². The number of carbonyl (C=O) groups is 1. The van der Waals surface area contributed by atoms with Crippen molar-refractivity contribution in [3.63, 3.8) is 0 Å². The number of fused-ring (bicyclic) bond motifs is 2. The number of hydrogen-bond donors (Lipinski definition) is 1.